The SMILES string of the molecule is CC(C)c1c(C(=O)Nc2ccccc2)c(-c2ccccc2)c(-c2ccc(F)cc2)n1CCC1CCOC(C)(C)O1. The molecule has 6 heteroatoms. The number of aromatic nitrogens is 1. The summed E-state index contributed by atoms with van der Waals surface area (Å²) >= 11 is 0. The monoisotopic (exact) mass is 540 g/mol. The molecule has 1 aliphatic heterocycles. The van der Waals surface area contributed by atoms with Gasteiger partial charge in [-0.1, -0.05) is 62.4 Å². The molecule has 40 heavy (non-hydrogen) atoms. The Morgan fingerprint density at radius 2 is 1.62 bits per heavy atom. The quantitative estimate of drug-likeness (QED) is 0.245. The second-order valence-electron chi connectivity index (χ2n) is 11.0. The molecule has 0 spiro atoms. The third kappa shape index (κ3) is 6.03. The zero-order valence-corrected chi connectivity index (χ0v) is 23.6. The second kappa shape index (κ2) is 11.8. The molecule has 1 saturated heterocycles. The van der Waals surface area contributed by atoms with Gasteiger partial charge in [0.15, 0.2) is 5.79 Å². The average molecular weight is 541 g/mol. The Morgan fingerprint density at radius 1 is 0.975 bits per heavy atom. The maximum Gasteiger partial charge on any atom is 0.258 e. The molecule has 1 fully saturated rings. The summed E-state index contributed by atoms with van der Waals surface area (Å²) < 4.78 is 28.3. The van der Waals surface area contributed by atoms with E-state index in [4.69, 9.17) is 9.47 Å². The van der Waals surface area contributed by atoms with Crippen LogP contribution in [0.2, 0.25) is 0 Å². The molecule has 2 heterocycles. The number of benzene rings is 3. The third-order valence-electron chi connectivity index (χ3n) is 7.30. The fourth-order valence-electron chi connectivity index (χ4n) is 5.62. The third-order valence-corrected chi connectivity index (χ3v) is 7.30. The van der Waals surface area contributed by atoms with Crippen molar-refractivity contribution in [1.82, 2.24) is 4.57 Å². The lowest BCUT2D eigenvalue weighted by Crippen LogP contribution is -2.40. The lowest BCUT2D eigenvalue weighted by atomic mass is 9.94. The van der Waals surface area contributed by atoms with Gasteiger partial charge in [-0.2, -0.15) is 0 Å². The van der Waals surface area contributed by atoms with Crippen LogP contribution in [0.25, 0.3) is 22.4 Å². The van der Waals surface area contributed by atoms with Crippen LogP contribution >= 0.6 is 0 Å². The van der Waals surface area contributed by atoms with Crippen LogP contribution < -0.4 is 5.32 Å². The minimum atomic E-state index is -0.629. The molecule has 5 nitrogen and oxygen atoms in total. The Balaban J connectivity index is 1.70. The first-order valence-corrected chi connectivity index (χ1v) is 14.0. The highest BCUT2D eigenvalue weighted by Gasteiger charge is 2.33. The van der Waals surface area contributed by atoms with Crippen LogP contribution in [0.15, 0.2) is 84.9 Å². The molecule has 1 aliphatic rings. The Morgan fingerprint density at radius 3 is 2.25 bits per heavy atom. The molecule has 0 radical (unpaired) electrons. The first-order valence-electron chi connectivity index (χ1n) is 14.0. The number of carbonyl (C=O) groups is 1. The van der Waals surface area contributed by atoms with Crippen molar-refractivity contribution in [3.8, 4) is 22.4 Å². The molecule has 1 atom stereocenters. The number of para-hydroxylation sites is 1. The van der Waals surface area contributed by atoms with Crippen LogP contribution in [0, 0.1) is 5.82 Å². The number of rotatable bonds is 8. The van der Waals surface area contributed by atoms with Gasteiger partial charge in [-0.3, -0.25) is 4.79 Å². The Labute approximate surface area is 235 Å². The van der Waals surface area contributed by atoms with E-state index >= 15 is 0 Å². The maximum absolute atomic E-state index is 14.1. The molecule has 208 valence electrons. The highest BCUT2D eigenvalue weighted by Crippen LogP contribution is 2.43. The minimum absolute atomic E-state index is 0.0222. The number of nitrogens with one attached hydrogen (secondary N) is 1. The van der Waals surface area contributed by atoms with E-state index in [2.05, 4.69) is 23.7 Å². The summed E-state index contributed by atoms with van der Waals surface area (Å²) in [5, 5.41) is 3.13. The van der Waals surface area contributed by atoms with E-state index in [1.165, 1.54) is 12.1 Å². The molecular formula is C34H37FN2O3. The van der Waals surface area contributed by atoms with Gasteiger partial charge in [0.1, 0.15) is 5.82 Å². The van der Waals surface area contributed by atoms with Crippen LogP contribution in [0.1, 0.15) is 62.5 Å². The molecule has 0 aliphatic carbocycles. The highest BCUT2D eigenvalue weighted by atomic mass is 19.1. The van der Waals surface area contributed by atoms with E-state index in [-0.39, 0.29) is 23.7 Å². The van der Waals surface area contributed by atoms with Crippen LogP contribution in [0.4, 0.5) is 10.1 Å². The number of hydrogen-bond donors (Lipinski definition) is 1. The van der Waals surface area contributed by atoms with Gasteiger partial charge in [0.25, 0.3) is 5.91 Å². The van der Waals surface area contributed by atoms with Gasteiger partial charge >= 0.3 is 0 Å². The molecular weight excluding hydrogens is 503 g/mol. The number of anilines is 1. The standard InChI is InChI=1S/C34H37FN2O3/c1-23(2)31-30(33(38)36-27-13-9-6-10-14-27)29(24-11-7-5-8-12-24)32(25-15-17-26(35)18-16-25)37(31)21-19-28-20-22-39-34(3,4)40-28/h5-18,23,28H,19-22H2,1-4H3,(H,36,38). The van der Waals surface area contributed by atoms with E-state index in [9.17, 15) is 9.18 Å². The molecule has 1 N–H and O–H groups in total. The molecule has 1 unspecified atom stereocenters. The number of hydrogen-bond acceptors (Lipinski definition) is 3. The van der Waals surface area contributed by atoms with Crippen molar-refractivity contribution < 1.29 is 18.7 Å². The second-order valence-corrected chi connectivity index (χ2v) is 11.0. The Hall–Kier alpha value is -3.74. The summed E-state index contributed by atoms with van der Waals surface area (Å²) in [6.07, 6.45) is 1.58. The molecule has 1 amide bonds. The molecule has 5 rings (SSSR count). The average Bonchev–Trinajstić information content (AvgIpc) is 3.28. The van der Waals surface area contributed by atoms with Crippen molar-refractivity contribution in [3.05, 3.63) is 102 Å². The summed E-state index contributed by atoms with van der Waals surface area (Å²) in [5.74, 6) is -1.05. The van der Waals surface area contributed by atoms with E-state index < -0.39 is 5.79 Å². The molecule has 1 aromatic heterocycles. The summed E-state index contributed by atoms with van der Waals surface area (Å²) in [7, 11) is 0. The summed E-state index contributed by atoms with van der Waals surface area (Å²) in [4.78, 5) is 14.1. The zero-order chi connectivity index (χ0) is 28.3. The van der Waals surface area contributed by atoms with Gasteiger partial charge in [-0.05, 0) is 80.1 Å². The zero-order valence-electron chi connectivity index (χ0n) is 23.6. The van der Waals surface area contributed by atoms with E-state index in [0.29, 0.717) is 18.7 Å². The summed E-state index contributed by atoms with van der Waals surface area (Å²) in [5.41, 5.74) is 5.85. The van der Waals surface area contributed by atoms with Gasteiger partial charge in [0.05, 0.1) is 24.0 Å². The Bertz CT molecular complexity index is 1440. The molecule has 3 aromatic carbocycles. The number of carbonyl (C=O) groups excluding carboxylic acids is 1. The van der Waals surface area contributed by atoms with Crippen molar-refractivity contribution in [2.45, 2.75) is 64.9 Å². The van der Waals surface area contributed by atoms with Crippen molar-refractivity contribution in [2.24, 2.45) is 0 Å². The first kappa shape index (κ1) is 27.8. The first-order chi connectivity index (χ1) is 19.2. The number of ether oxygens (including phenoxy) is 2. The van der Waals surface area contributed by atoms with Gasteiger partial charge in [-0.25, -0.2) is 4.39 Å². The molecule has 0 bridgehead atoms. The fourth-order valence-corrected chi connectivity index (χ4v) is 5.62. The van der Waals surface area contributed by atoms with Crippen LogP contribution in [-0.4, -0.2) is 29.0 Å². The number of amides is 1. The maximum atomic E-state index is 14.1. The van der Waals surface area contributed by atoms with Crippen molar-refractivity contribution >= 4 is 11.6 Å². The minimum Gasteiger partial charge on any atom is -0.350 e. The van der Waals surface area contributed by atoms with E-state index in [0.717, 1.165) is 46.6 Å². The highest BCUT2D eigenvalue weighted by molar-refractivity contribution is 6.12. The molecule has 0 saturated carbocycles. The van der Waals surface area contributed by atoms with Gasteiger partial charge in [0, 0.05) is 23.5 Å². The molecule has 4 aromatic rings. The lowest BCUT2D eigenvalue weighted by molar-refractivity contribution is -0.274. The van der Waals surface area contributed by atoms with Crippen molar-refractivity contribution in [2.75, 3.05) is 11.9 Å². The van der Waals surface area contributed by atoms with Crippen LogP contribution in [0.5, 0.6) is 0 Å². The lowest BCUT2D eigenvalue weighted by Gasteiger charge is -2.36. The Kier molecular flexibility index (Phi) is 8.19. The number of nitrogens with zero attached hydrogens (tertiary/aromatic N) is 1. The van der Waals surface area contributed by atoms with Crippen LogP contribution in [-0.2, 0) is 16.0 Å². The fraction of sp³-hybridized carbons (Fsp3) is 0.324. The topological polar surface area (TPSA) is 52.5 Å². The van der Waals surface area contributed by atoms with Crippen molar-refractivity contribution in [3.63, 3.8) is 0 Å². The predicted molar refractivity (Wildman–Crippen MR) is 158 cm³/mol. The van der Waals surface area contributed by atoms with Crippen molar-refractivity contribution in [1.29, 1.82) is 0 Å². The van der Waals surface area contributed by atoms with E-state index in [1.807, 2.05) is 74.5 Å². The van der Waals surface area contributed by atoms with Gasteiger partial charge < -0.3 is 19.4 Å². The smallest absolute Gasteiger partial charge is 0.258 e. The van der Waals surface area contributed by atoms with Gasteiger partial charge in [-0.15, -0.1) is 0 Å². The van der Waals surface area contributed by atoms with Crippen LogP contribution in [0.3, 0.4) is 0 Å². The van der Waals surface area contributed by atoms with E-state index in [1.54, 1.807) is 12.1 Å². The summed E-state index contributed by atoms with van der Waals surface area (Å²) in [6.45, 7) is 9.39. The predicted octanol–water partition coefficient (Wildman–Crippen LogP) is 8.27. The largest absolute Gasteiger partial charge is 0.350 e. The number of halogens is 1. The normalized spacial score (nSPS) is 16.7. The van der Waals surface area contributed by atoms with Gasteiger partial charge in [0.2, 0.25) is 0 Å². The summed E-state index contributed by atoms with van der Waals surface area (Å²) in [6, 6.07) is 26.0.